The third-order valence-corrected chi connectivity index (χ3v) is 3.57. The molecule has 0 aliphatic carbocycles. The lowest BCUT2D eigenvalue weighted by Crippen LogP contribution is -2.46. The van der Waals surface area contributed by atoms with Crippen molar-refractivity contribution in [3.8, 4) is 0 Å². The van der Waals surface area contributed by atoms with E-state index in [0.29, 0.717) is 0 Å². The van der Waals surface area contributed by atoms with E-state index in [0.717, 1.165) is 13.1 Å². The Bertz CT molecular complexity index is 354. The van der Waals surface area contributed by atoms with E-state index < -0.39 is 0 Å². The lowest BCUT2D eigenvalue weighted by atomic mass is 9.99. The Kier molecular flexibility index (Phi) is 3.20. The standard InChI is InChI=1S/C14H22N2/c1-12-7-4-5-8-13(12)16(3)11-14(2)9-6-10-15-14/h4-5,7-8,15H,6,9-11H2,1-3H3. The molecule has 1 aromatic rings. The van der Waals surface area contributed by atoms with Crippen molar-refractivity contribution in [3.63, 3.8) is 0 Å². The molecule has 2 rings (SSSR count). The predicted molar refractivity (Wildman–Crippen MR) is 70.1 cm³/mol. The number of hydrogen-bond donors (Lipinski definition) is 1. The highest BCUT2D eigenvalue weighted by Gasteiger charge is 2.29. The molecule has 1 N–H and O–H groups in total. The fraction of sp³-hybridized carbons (Fsp3) is 0.571. The topological polar surface area (TPSA) is 15.3 Å². The first kappa shape index (κ1) is 11.5. The van der Waals surface area contributed by atoms with Crippen molar-refractivity contribution in [1.29, 1.82) is 0 Å². The SMILES string of the molecule is Cc1ccccc1N(C)CC1(C)CCCN1. The van der Waals surface area contributed by atoms with Gasteiger partial charge in [-0.1, -0.05) is 18.2 Å². The van der Waals surface area contributed by atoms with Crippen LogP contribution in [0.15, 0.2) is 24.3 Å². The lowest BCUT2D eigenvalue weighted by molar-refractivity contribution is 0.419. The predicted octanol–water partition coefficient (Wildman–Crippen LogP) is 2.57. The van der Waals surface area contributed by atoms with E-state index in [9.17, 15) is 0 Å². The van der Waals surface area contributed by atoms with E-state index >= 15 is 0 Å². The third kappa shape index (κ3) is 2.38. The van der Waals surface area contributed by atoms with Crippen LogP contribution in [-0.4, -0.2) is 25.7 Å². The quantitative estimate of drug-likeness (QED) is 0.839. The van der Waals surface area contributed by atoms with Gasteiger partial charge >= 0.3 is 0 Å². The number of aryl methyl sites for hydroxylation is 1. The fourth-order valence-electron chi connectivity index (χ4n) is 2.69. The molecule has 1 atom stereocenters. The summed E-state index contributed by atoms with van der Waals surface area (Å²) in [7, 11) is 2.19. The number of nitrogens with zero attached hydrogens (tertiary/aromatic N) is 1. The number of likely N-dealkylation sites (N-methyl/N-ethyl adjacent to an activating group) is 1. The van der Waals surface area contributed by atoms with Crippen molar-refractivity contribution in [1.82, 2.24) is 5.32 Å². The molecule has 0 spiro atoms. The summed E-state index contributed by atoms with van der Waals surface area (Å²) in [6.07, 6.45) is 2.58. The van der Waals surface area contributed by atoms with Gasteiger partial charge in [0.05, 0.1) is 0 Å². The zero-order chi connectivity index (χ0) is 11.6. The average molecular weight is 218 g/mol. The van der Waals surface area contributed by atoms with Gasteiger partial charge in [0, 0.05) is 24.8 Å². The Morgan fingerprint density at radius 3 is 2.75 bits per heavy atom. The molecule has 88 valence electrons. The summed E-state index contributed by atoms with van der Waals surface area (Å²) < 4.78 is 0. The summed E-state index contributed by atoms with van der Waals surface area (Å²) in [5.74, 6) is 0. The minimum Gasteiger partial charge on any atom is -0.373 e. The zero-order valence-corrected chi connectivity index (χ0v) is 10.6. The van der Waals surface area contributed by atoms with E-state index in [1.807, 2.05) is 0 Å². The van der Waals surface area contributed by atoms with Crippen LogP contribution < -0.4 is 10.2 Å². The monoisotopic (exact) mass is 218 g/mol. The van der Waals surface area contributed by atoms with Crippen molar-refractivity contribution in [2.75, 3.05) is 25.0 Å². The van der Waals surface area contributed by atoms with Crippen LogP contribution in [0.1, 0.15) is 25.3 Å². The van der Waals surface area contributed by atoms with Crippen LogP contribution in [0.25, 0.3) is 0 Å². The fourth-order valence-corrected chi connectivity index (χ4v) is 2.69. The second-order valence-electron chi connectivity index (χ2n) is 5.23. The van der Waals surface area contributed by atoms with Gasteiger partial charge in [-0.05, 0) is 44.9 Å². The van der Waals surface area contributed by atoms with Gasteiger partial charge in [-0.25, -0.2) is 0 Å². The molecule has 0 radical (unpaired) electrons. The molecule has 0 saturated carbocycles. The first-order valence-corrected chi connectivity index (χ1v) is 6.13. The van der Waals surface area contributed by atoms with Gasteiger partial charge in [0.25, 0.3) is 0 Å². The van der Waals surface area contributed by atoms with E-state index in [4.69, 9.17) is 0 Å². The number of rotatable bonds is 3. The van der Waals surface area contributed by atoms with Gasteiger partial charge in [0.15, 0.2) is 0 Å². The second kappa shape index (κ2) is 4.46. The van der Waals surface area contributed by atoms with Gasteiger partial charge in [-0.2, -0.15) is 0 Å². The normalized spacial score (nSPS) is 24.7. The minimum atomic E-state index is 0.289. The van der Waals surface area contributed by atoms with Gasteiger partial charge in [0.1, 0.15) is 0 Å². The molecular weight excluding hydrogens is 196 g/mol. The molecule has 1 unspecified atom stereocenters. The molecule has 16 heavy (non-hydrogen) atoms. The Morgan fingerprint density at radius 1 is 1.38 bits per heavy atom. The molecule has 0 aromatic heterocycles. The molecule has 1 aromatic carbocycles. The zero-order valence-electron chi connectivity index (χ0n) is 10.6. The second-order valence-corrected chi connectivity index (χ2v) is 5.23. The maximum atomic E-state index is 3.61. The molecule has 0 amide bonds. The first-order valence-electron chi connectivity index (χ1n) is 6.13. The van der Waals surface area contributed by atoms with Crippen molar-refractivity contribution in [2.24, 2.45) is 0 Å². The molecule has 1 fully saturated rings. The highest BCUT2D eigenvalue weighted by molar-refractivity contribution is 5.52. The number of hydrogen-bond acceptors (Lipinski definition) is 2. The highest BCUT2D eigenvalue weighted by atomic mass is 15.2. The summed E-state index contributed by atoms with van der Waals surface area (Å²) >= 11 is 0. The summed E-state index contributed by atoms with van der Waals surface area (Å²) in [6, 6.07) is 8.59. The number of nitrogens with one attached hydrogen (secondary N) is 1. The van der Waals surface area contributed by atoms with Gasteiger partial charge in [-0.15, -0.1) is 0 Å². The highest BCUT2D eigenvalue weighted by Crippen LogP contribution is 2.24. The summed E-state index contributed by atoms with van der Waals surface area (Å²) in [6.45, 7) is 6.75. The van der Waals surface area contributed by atoms with Crippen molar-refractivity contribution in [3.05, 3.63) is 29.8 Å². The maximum Gasteiger partial charge on any atom is 0.0393 e. The Hall–Kier alpha value is -1.02. The Morgan fingerprint density at radius 2 is 2.12 bits per heavy atom. The van der Waals surface area contributed by atoms with Crippen LogP contribution in [0, 0.1) is 6.92 Å². The van der Waals surface area contributed by atoms with E-state index in [2.05, 4.69) is 55.4 Å². The Balaban J connectivity index is 2.08. The van der Waals surface area contributed by atoms with Gasteiger partial charge in [-0.3, -0.25) is 0 Å². The molecule has 2 nitrogen and oxygen atoms in total. The van der Waals surface area contributed by atoms with Crippen LogP contribution in [0.5, 0.6) is 0 Å². The third-order valence-electron chi connectivity index (χ3n) is 3.57. The molecule has 1 heterocycles. The van der Waals surface area contributed by atoms with Crippen LogP contribution in [0.2, 0.25) is 0 Å². The number of benzene rings is 1. The smallest absolute Gasteiger partial charge is 0.0393 e. The van der Waals surface area contributed by atoms with E-state index in [1.165, 1.54) is 24.1 Å². The van der Waals surface area contributed by atoms with Crippen LogP contribution in [0.4, 0.5) is 5.69 Å². The van der Waals surface area contributed by atoms with Crippen molar-refractivity contribution in [2.45, 2.75) is 32.2 Å². The van der Waals surface area contributed by atoms with Gasteiger partial charge in [0.2, 0.25) is 0 Å². The molecular formula is C14H22N2. The average Bonchev–Trinajstić information content (AvgIpc) is 2.65. The molecule has 1 saturated heterocycles. The molecule has 1 aliphatic heterocycles. The van der Waals surface area contributed by atoms with Crippen LogP contribution in [-0.2, 0) is 0 Å². The maximum absolute atomic E-state index is 3.61. The van der Waals surface area contributed by atoms with Gasteiger partial charge < -0.3 is 10.2 Å². The minimum absolute atomic E-state index is 0.289. The largest absolute Gasteiger partial charge is 0.373 e. The van der Waals surface area contributed by atoms with Crippen LogP contribution >= 0.6 is 0 Å². The van der Waals surface area contributed by atoms with Crippen molar-refractivity contribution >= 4 is 5.69 Å². The Labute approximate surface area is 98.7 Å². The van der Waals surface area contributed by atoms with E-state index in [-0.39, 0.29) is 5.54 Å². The first-order chi connectivity index (χ1) is 7.61. The molecule has 0 bridgehead atoms. The lowest BCUT2D eigenvalue weighted by Gasteiger charge is -2.32. The number of anilines is 1. The summed E-state index contributed by atoms with van der Waals surface area (Å²) in [5.41, 5.74) is 2.99. The van der Waals surface area contributed by atoms with E-state index in [1.54, 1.807) is 0 Å². The molecule has 2 heteroatoms. The molecule has 1 aliphatic rings. The number of para-hydroxylation sites is 1. The van der Waals surface area contributed by atoms with Crippen LogP contribution in [0.3, 0.4) is 0 Å². The summed E-state index contributed by atoms with van der Waals surface area (Å²) in [5, 5.41) is 3.61. The summed E-state index contributed by atoms with van der Waals surface area (Å²) in [4.78, 5) is 2.37. The van der Waals surface area contributed by atoms with Crippen molar-refractivity contribution < 1.29 is 0 Å².